The third kappa shape index (κ3) is 2.99. The van der Waals surface area contributed by atoms with E-state index in [4.69, 9.17) is 17.3 Å². The molecule has 0 spiro atoms. The summed E-state index contributed by atoms with van der Waals surface area (Å²) in [6.07, 6.45) is 3.09. The second-order valence-corrected chi connectivity index (χ2v) is 7.41. The molecular formula is C17H19ClN2OS. The number of nitrogens with two attached hydrogens (primary N) is 1. The summed E-state index contributed by atoms with van der Waals surface area (Å²) in [5.41, 5.74) is 8.84. The highest BCUT2D eigenvalue weighted by molar-refractivity contribution is 7.16. The molecule has 0 bridgehead atoms. The van der Waals surface area contributed by atoms with Crippen molar-refractivity contribution in [3.8, 4) is 0 Å². The number of nitrogen functional groups attached to an aromatic ring is 1. The van der Waals surface area contributed by atoms with E-state index < -0.39 is 0 Å². The molecule has 0 fully saturated rings. The minimum absolute atomic E-state index is 0.0931. The molecule has 1 atom stereocenters. The van der Waals surface area contributed by atoms with Gasteiger partial charge in [-0.3, -0.25) is 4.79 Å². The summed E-state index contributed by atoms with van der Waals surface area (Å²) in [7, 11) is 0. The number of thiophene rings is 1. The number of carbonyl (C=O) groups is 1. The van der Waals surface area contributed by atoms with Gasteiger partial charge in [-0.2, -0.15) is 0 Å². The van der Waals surface area contributed by atoms with E-state index in [0.717, 1.165) is 30.4 Å². The minimum atomic E-state index is -0.0931. The summed E-state index contributed by atoms with van der Waals surface area (Å²) in [6, 6.07) is 7.53. The van der Waals surface area contributed by atoms with Crippen molar-refractivity contribution in [2.24, 2.45) is 5.92 Å². The smallest absolute Gasteiger partial charge is 0.254 e. The summed E-state index contributed by atoms with van der Waals surface area (Å²) in [5.74, 6) is 0.578. The van der Waals surface area contributed by atoms with E-state index in [2.05, 4.69) is 12.2 Å². The normalized spacial score (nSPS) is 17.1. The molecule has 3 nitrogen and oxygen atoms in total. The second kappa shape index (κ2) is 6.31. The van der Waals surface area contributed by atoms with Crippen LogP contribution in [0, 0.1) is 5.92 Å². The van der Waals surface area contributed by atoms with Crippen molar-refractivity contribution < 1.29 is 4.79 Å². The van der Waals surface area contributed by atoms with Crippen LogP contribution in [0.5, 0.6) is 0 Å². The molecule has 0 saturated heterocycles. The molecule has 1 aliphatic rings. The first-order valence-corrected chi connectivity index (χ1v) is 8.67. The van der Waals surface area contributed by atoms with Gasteiger partial charge < -0.3 is 11.1 Å². The Morgan fingerprint density at radius 1 is 1.45 bits per heavy atom. The molecule has 1 heterocycles. The molecule has 0 radical (unpaired) electrons. The van der Waals surface area contributed by atoms with Gasteiger partial charge in [0.05, 0.1) is 10.6 Å². The van der Waals surface area contributed by atoms with E-state index in [1.165, 1.54) is 4.88 Å². The summed E-state index contributed by atoms with van der Waals surface area (Å²) < 4.78 is 0. The van der Waals surface area contributed by atoms with Gasteiger partial charge in [0, 0.05) is 16.4 Å². The standard InChI is InChI=1S/C17H19ClN2OS/c1-10-6-7-12-14(8-10)22-16(19)15(12)17(21)20-9-11-4-2-3-5-13(11)18/h2-5,10H,6-9,19H2,1H3,(H,20,21). The van der Waals surface area contributed by atoms with Gasteiger partial charge in [-0.25, -0.2) is 0 Å². The van der Waals surface area contributed by atoms with E-state index in [1.54, 1.807) is 11.3 Å². The Morgan fingerprint density at radius 2 is 2.23 bits per heavy atom. The van der Waals surface area contributed by atoms with E-state index in [0.29, 0.717) is 28.0 Å². The first-order valence-electron chi connectivity index (χ1n) is 7.48. The fourth-order valence-electron chi connectivity index (χ4n) is 2.93. The number of anilines is 1. The number of fused-ring (bicyclic) bond motifs is 1. The number of hydrogen-bond donors (Lipinski definition) is 2. The average Bonchev–Trinajstić information content (AvgIpc) is 2.81. The molecule has 3 N–H and O–H groups in total. The fraction of sp³-hybridized carbons (Fsp3) is 0.353. The molecule has 0 saturated carbocycles. The van der Waals surface area contributed by atoms with Crippen LogP contribution >= 0.6 is 22.9 Å². The summed E-state index contributed by atoms with van der Waals surface area (Å²) in [6.45, 7) is 2.66. The zero-order chi connectivity index (χ0) is 15.7. The largest absolute Gasteiger partial charge is 0.390 e. The van der Waals surface area contributed by atoms with Crippen LogP contribution in [-0.2, 0) is 19.4 Å². The van der Waals surface area contributed by atoms with Crippen LogP contribution in [0.2, 0.25) is 5.02 Å². The lowest BCUT2D eigenvalue weighted by molar-refractivity contribution is 0.0951. The molecular weight excluding hydrogens is 316 g/mol. The highest BCUT2D eigenvalue weighted by Gasteiger charge is 2.26. The number of benzene rings is 1. The van der Waals surface area contributed by atoms with E-state index in [-0.39, 0.29) is 5.91 Å². The maximum absolute atomic E-state index is 12.5. The van der Waals surface area contributed by atoms with Crippen molar-refractivity contribution in [2.45, 2.75) is 32.7 Å². The Labute approximate surface area is 139 Å². The van der Waals surface area contributed by atoms with E-state index in [9.17, 15) is 4.79 Å². The zero-order valence-electron chi connectivity index (χ0n) is 12.5. The molecule has 3 rings (SSSR count). The Kier molecular flexibility index (Phi) is 4.41. The SMILES string of the molecule is CC1CCc2c(sc(N)c2C(=O)NCc2ccccc2Cl)C1. The van der Waals surface area contributed by atoms with Crippen LogP contribution in [0.4, 0.5) is 5.00 Å². The molecule has 1 amide bonds. The first kappa shape index (κ1) is 15.4. The van der Waals surface area contributed by atoms with Crippen LogP contribution in [0.15, 0.2) is 24.3 Å². The highest BCUT2D eigenvalue weighted by atomic mass is 35.5. The van der Waals surface area contributed by atoms with Crippen molar-refractivity contribution in [3.05, 3.63) is 50.9 Å². The number of carbonyl (C=O) groups excluding carboxylic acids is 1. The lowest BCUT2D eigenvalue weighted by Crippen LogP contribution is -2.25. The summed E-state index contributed by atoms with van der Waals surface area (Å²) in [4.78, 5) is 13.8. The number of rotatable bonds is 3. The second-order valence-electron chi connectivity index (χ2n) is 5.87. The molecule has 5 heteroatoms. The van der Waals surface area contributed by atoms with Crippen LogP contribution in [0.3, 0.4) is 0 Å². The van der Waals surface area contributed by atoms with Crippen LogP contribution in [0.25, 0.3) is 0 Å². The Balaban J connectivity index is 1.77. The van der Waals surface area contributed by atoms with Gasteiger partial charge in [-0.1, -0.05) is 36.7 Å². The van der Waals surface area contributed by atoms with Gasteiger partial charge >= 0.3 is 0 Å². The average molecular weight is 335 g/mol. The van der Waals surface area contributed by atoms with Crippen LogP contribution in [-0.4, -0.2) is 5.91 Å². The van der Waals surface area contributed by atoms with E-state index >= 15 is 0 Å². The Bertz CT molecular complexity index is 711. The number of amides is 1. The molecule has 1 aliphatic carbocycles. The van der Waals surface area contributed by atoms with Gasteiger partial charge in [-0.05, 0) is 42.4 Å². The molecule has 1 aromatic heterocycles. The van der Waals surface area contributed by atoms with Crippen molar-refractivity contribution in [1.29, 1.82) is 0 Å². The highest BCUT2D eigenvalue weighted by Crippen LogP contribution is 2.37. The summed E-state index contributed by atoms with van der Waals surface area (Å²) in [5, 5.41) is 4.25. The number of nitrogens with one attached hydrogen (secondary N) is 1. The van der Waals surface area contributed by atoms with Crippen molar-refractivity contribution in [2.75, 3.05) is 5.73 Å². The van der Waals surface area contributed by atoms with Gasteiger partial charge in [0.2, 0.25) is 0 Å². The molecule has 0 aliphatic heterocycles. The Hall–Kier alpha value is -1.52. The van der Waals surface area contributed by atoms with Gasteiger partial charge in [-0.15, -0.1) is 11.3 Å². The molecule has 1 unspecified atom stereocenters. The molecule has 2 aromatic rings. The Morgan fingerprint density at radius 3 is 3.00 bits per heavy atom. The number of hydrogen-bond acceptors (Lipinski definition) is 3. The molecule has 116 valence electrons. The zero-order valence-corrected chi connectivity index (χ0v) is 14.1. The van der Waals surface area contributed by atoms with Crippen molar-refractivity contribution in [3.63, 3.8) is 0 Å². The van der Waals surface area contributed by atoms with Crippen LogP contribution < -0.4 is 11.1 Å². The maximum atomic E-state index is 12.5. The predicted molar refractivity (Wildman–Crippen MR) is 92.5 cm³/mol. The molecule has 22 heavy (non-hydrogen) atoms. The monoisotopic (exact) mass is 334 g/mol. The topological polar surface area (TPSA) is 55.1 Å². The van der Waals surface area contributed by atoms with Crippen molar-refractivity contribution in [1.82, 2.24) is 5.32 Å². The summed E-state index contributed by atoms with van der Waals surface area (Å²) >= 11 is 7.69. The van der Waals surface area contributed by atoms with Gasteiger partial charge in [0.1, 0.15) is 0 Å². The van der Waals surface area contributed by atoms with Crippen LogP contribution in [0.1, 0.15) is 39.7 Å². The van der Waals surface area contributed by atoms with Gasteiger partial charge in [0.25, 0.3) is 5.91 Å². The first-order chi connectivity index (χ1) is 10.6. The number of halogens is 1. The third-order valence-electron chi connectivity index (χ3n) is 4.16. The lowest BCUT2D eigenvalue weighted by Gasteiger charge is -2.18. The lowest BCUT2D eigenvalue weighted by atomic mass is 9.88. The van der Waals surface area contributed by atoms with Crippen molar-refractivity contribution >= 4 is 33.8 Å². The van der Waals surface area contributed by atoms with E-state index in [1.807, 2.05) is 24.3 Å². The fourth-order valence-corrected chi connectivity index (χ4v) is 4.41. The third-order valence-corrected chi connectivity index (χ3v) is 5.62. The minimum Gasteiger partial charge on any atom is -0.390 e. The quantitative estimate of drug-likeness (QED) is 0.890. The van der Waals surface area contributed by atoms with Gasteiger partial charge in [0.15, 0.2) is 0 Å². The predicted octanol–water partition coefficient (Wildman–Crippen LogP) is 4.04. The maximum Gasteiger partial charge on any atom is 0.254 e. The molecule has 1 aromatic carbocycles.